The summed E-state index contributed by atoms with van der Waals surface area (Å²) in [5.74, 6) is 1.13. The van der Waals surface area contributed by atoms with E-state index in [0.717, 1.165) is 12.2 Å². The van der Waals surface area contributed by atoms with Crippen molar-refractivity contribution in [3.8, 4) is 0 Å². The van der Waals surface area contributed by atoms with E-state index in [1.807, 2.05) is 11.8 Å². The van der Waals surface area contributed by atoms with Crippen LogP contribution in [0.3, 0.4) is 0 Å². The highest BCUT2D eigenvalue weighted by Gasteiger charge is 2.28. The summed E-state index contributed by atoms with van der Waals surface area (Å²) in [6.07, 6.45) is 3.52. The Hall–Kier alpha value is -1.16. The maximum absolute atomic E-state index is 12.1. The molecule has 18 heavy (non-hydrogen) atoms. The first-order chi connectivity index (χ1) is 8.70. The summed E-state index contributed by atoms with van der Waals surface area (Å²) >= 11 is 1.95. The molecule has 1 saturated carbocycles. The van der Waals surface area contributed by atoms with Crippen molar-refractivity contribution < 1.29 is 4.79 Å². The number of benzene rings is 1. The van der Waals surface area contributed by atoms with Gasteiger partial charge in [0.25, 0.3) is 5.91 Å². The third-order valence-electron chi connectivity index (χ3n) is 3.32. The number of anilines is 1. The van der Waals surface area contributed by atoms with E-state index in [1.165, 1.54) is 12.8 Å². The Labute approximate surface area is 113 Å². The zero-order valence-corrected chi connectivity index (χ0v) is 11.5. The van der Waals surface area contributed by atoms with Gasteiger partial charge in [-0.1, -0.05) is 13.3 Å². The van der Waals surface area contributed by atoms with Gasteiger partial charge in [-0.2, -0.15) is 11.8 Å². The first-order valence-electron chi connectivity index (χ1n) is 6.48. The molecule has 4 heteroatoms. The predicted molar refractivity (Wildman–Crippen MR) is 77.9 cm³/mol. The van der Waals surface area contributed by atoms with Crippen molar-refractivity contribution in [2.75, 3.05) is 11.5 Å². The van der Waals surface area contributed by atoms with Crippen LogP contribution in [0.25, 0.3) is 0 Å². The first-order valence-corrected chi connectivity index (χ1v) is 7.53. The smallest absolute Gasteiger partial charge is 0.251 e. The van der Waals surface area contributed by atoms with Crippen molar-refractivity contribution in [1.82, 2.24) is 5.32 Å². The zero-order chi connectivity index (χ0) is 13.0. The molecule has 1 aliphatic rings. The SMILES string of the molecule is CCSC1CCCC1NC(=O)c1ccc(N)cc1. The molecule has 0 aliphatic heterocycles. The fraction of sp³-hybridized carbons (Fsp3) is 0.500. The Morgan fingerprint density at radius 2 is 2.11 bits per heavy atom. The second-order valence-electron chi connectivity index (χ2n) is 4.63. The molecule has 1 aromatic carbocycles. The van der Waals surface area contributed by atoms with E-state index in [1.54, 1.807) is 24.3 Å². The highest BCUT2D eigenvalue weighted by molar-refractivity contribution is 7.99. The van der Waals surface area contributed by atoms with Crippen LogP contribution < -0.4 is 11.1 Å². The highest BCUT2D eigenvalue weighted by Crippen LogP contribution is 2.30. The molecule has 3 nitrogen and oxygen atoms in total. The number of hydrogen-bond acceptors (Lipinski definition) is 3. The average Bonchev–Trinajstić information content (AvgIpc) is 2.78. The maximum atomic E-state index is 12.1. The van der Waals surface area contributed by atoms with Gasteiger partial charge >= 0.3 is 0 Å². The zero-order valence-electron chi connectivity index (χ0n) is 10.7. The summed E-state index contributed by atoms with van der Waals surface area (Å²) in [4.78, 5) is 12.1. The van der Waals surface area contributed by atoms with Crippen LogP contribution in [0.15, 0.2) is 24.3 Å². The average molecular weight is 264 g/mol. The van der Waals surface area contributed by atoms with Gasteiger partial charge in [0.15, 0.2) is 0 Å². The summed E-state index contributed by atoms with van der Waals surface area (Å²) in [5, 5.41) is 3.73. The number of thioether (sulfide) groups is 1. The second-order valence-corrected chi connectivity index (χ2v) is 6.14. The van der Waals surface area contributed by atoms with Crippen molar-refractivity contribution in [3.05, 3.63) is 29.8 Å². The topological polar surface area (TPSA) is 55.1 Å². The molecule has 1 amide bonds. The molecule has 2 unspecified atom stereocenters. The highest BCUT2D eigenvalue weighted by atomic mass is 32.2. The van der Waals surface area contributed by atoms with Crippen LogP contribution in [0.2, 0.25) is 0 Å². The number of hydrogen-bond donors (Lipinski definition) is 2. The number of amides is 1. The van der Waals surface area contributed by atoms with E-state index >= 15 is 0 Å². The molecular formula is C14H20N2OS. The van der Waals surface area contributed by atoms with Crippen molar-refractivity contribution in [3.63, 3.8) is 0 Å². The molecule has 0 spiro atoms. The lowest BCUT2D eigenvalue weighted by Crippen LogP contribution is -2.38. The lowest BCUT2D eigenvalue weighted by Gasteiger charge is -2.20. The standard InChI is InChI=1S/C14H20N2OS/c1-2-18-13-5-3-4-12(13)16-14(17)10-6-8-11(15)9-7-10/h6-9,12-13H,2-5,15H2,1H3,(H,16,17). The molecule has 2 rings (SSSR count). The molecule has 0 radical (unpaired) electrons. The van der Waals surface area contributed by atoms with E-state index in [4.69, 9.17) is 5.73 Å². The normalized spacial score (nSPS) is 22.9. The molecular weight excluding hydrogens is 244 g/mol. The van der Waals surface area contributed by atoms with Gasteiger partial charge in [-0.05, 0) is 42.9 Å². The monoisotopic (exact) mass is 264 g/mol. The molecule has 0 aromatic heterocycles. The van der Waals surface area contributed by atoms with Crippen molar-refractivity contribution in [2.45, 2.75) is 37.5 Å². The summed E-state index contributed by atoms with van der Waals surface area (Å²) in [5.41, 5.74) is 6.99. The minimum Gasteiger partial charge on any atom is -0.399 e. The van der Waals surface area contributed by atoms with Crippen molar-refractivity contribution in [1.29, 1.82) is 0 Å². The van der Waals surface area contributed by atoms with Gasteiger partial charge < -0.3 is 11.1 Å². The molecule has 98 valence electrons. The van der Waals surface area contributed by atoms with Gasteiger partial charge in [-0.15, -0.1) is 0 Å². The van der Waals surface area contributed by atoms with Gasteiger partial charge in [0.1, 0.15) is 0 Å². The van der Waals surface area contributed by atoms with Crippen LogP contribution >= 0.6 is 11.8 Å². The van der Waals surface area contributed by atoms with Crippen LogP contribution in [-0.2, 0) is 0 Å². The Kier molecular flexibility index (Phi) is 4.53. The van der Waals surface area contributed by atoms with E-state index in [2.05, 4.69) is 12.2 Å². The molecule has 0 heterocycles. The molecule has 2 atom stereocenters. The number of nitrogen functional groups attached to an aromatic ring is 1. The molecule has 0 bridgehead atoms. The summed E-state index contributed by atoms with van der Waals surface area (Å²) in [7, 11) is 0. The second kappa shape index (κ2) is 6.14. The number of nitrogens with two attached hydrogens (primary N) is 1. The lowest BCUT2D eigenvalue weighted by atomic mass is 10.1. The van der Waals surface area contributed by atoms with Crippen molar-refractivity contribution in [2.24, 2.45) is 0 Å². The Bertz CT molecular complexity index is 405. The summed E-state index contributed by atoms with van der Waals surface area (Å²) < 4.78 is 0. The van der Waals surface area contributed by atoms with Crippen molar-refractivity contribution >= 4 is 23.4 Å². The number of nitrogens with one attached hydrogen (secondary N) is 1. The number of carbonyl (C=O) groups excluding carboxylic acids is 1. The van der Waals surface area contributed by atoms with E-state index in [0.29, 0.717) is 22.5 Å². The third kappa shape index (κ3) is 3.19. The van der Waals surface area contributed by atoms with Gasteiger partial charge in [-0.25, -0.2) is 0 Å². The minimum atomic E-state index is 0.0172. The molecule has 1 aromatic rings. The fourth-order valence-corrected chi connectivity index (χ4v) is 3.59. The Balaban J connectivity index is 1.96. The first kappa shape index (κ1) is 13.3. The predicted octanol–water partition coefficient (Wildman–Crippen LogP) is 2.67. The molecule has 1 fully saturated rings. The van der Waals surface area contributed by atoms with Crippen LogP contribution in [-0.4, -0.2) is 23.0 Å². The maximum Gasteiger partial charge on any atom is 0.251 e. The van der Waals surface area contributed by atoms with Crippen LogP contribution in [0.5, 0.6) is 0 Å². The van der Waals surface area contributed by atoms with Gasteiger partial charge in [-0.3, -0.25) is 4.79 Å². The van der Waals surface area contributed by atoms with Crippen LogP contribution in [0.1, 0.15) is 36.5 Å². The van der Waals surface area contributed by atoms with Gasteiger partial charge in [0.05, 0.1) is 0 Å². The molecule has 1 aliphatic carbocycles. The molecule has 3 N–H and O–H groups in total. The largest absolute Gasteiger partial charge is 0.399 e. The number of rotatable bonds is 4. The van der Waals surface area contributed by atoms with E-state index in [9.17, 15) is 4.79 Å². The lowest BCUT2D eigenvalue weighted by molar-refractivity contribution is 0.0938. The Morgan fingerprint density at radius 1 is 1.39 bits per heavy atom. The summed E-state index contributed by atoms with van der Waals surface area (Å²) in [6, 6.07) is 7.41. The van der Waals surface area contributed by atoms with Gasteiger partial charge in [0.2, 0.25) is 0 Å². The van der Waals surface area contributed by atoms with E-state index in [-0.39, 0.29) is 5.91 Å². The number of carbonyl (C=O) groups is 1. The third-order valence-corrected chi connectivity index (χ3v) is 4.65. The van der Waals surface area contributed by atoms with Gasteiger partial charge in [0, 0.05) is 22.5 Å². The Morgan fingerprint density at radius 3 is 2.78 bits per heavy atom. The quantitative estimate of drug-likeness (QED) is 0.822. The fourth-order valence-electron chi connectivity index (χ4n) is 2.39. The molecule has 0 saturated heterocycles. The minimum absolute atomic E-state index is 0.0172. The summed E-state index contributed by atoms with van der Waals surface area (Å²) in [6.45, 7) is 2.17. The van der Waals surface area contributed by atoms with Crippen LogP contribution in [0.4, 0.5) is 5.69 Å². The van der Waals surface area contributed by atoms with Crippen LogP contribution in [0, 0.1) is 0 Å². The van der Waals surface area contributed by atoms with E-state index < -0.39 is 0 Å².